The first-order valence-corrected chi connectivity index (χ1v) is 7.23. The molecule has 1 heterocycles. The Morgan fingerprint density at radius 3 is 2.81 bits per heavy atom. The highest BCUT2D eigenvalue weighted by atomic mass is 16.5. The lowest BCUT2D eigenvalue weighted by molar-refractivity contribution is -0.131. The third kappa shape index (κ3) is 3.61. The third-order valence-corrected chi connectivity index (χ3v) is 3.76. The molecule has 2 unspecified atom stereocenters. The van der Waals surface area contributed by atoms with Crippen LogP contribution in [0.5, 0.6) is 0 Å². The molecule has 1 aromatic rings. The second-order valence-electron chi connectivity index (χ2n) is 5.63. The first-order valence-electron chi connectivity index (χ1n) is 7.23. The minimum atomic E-state index is -0.799. The van der Waals surface area contributed by atoms with Crippen LogP contribution < -0.4 is 5.32 Å². The molecule has 0 radical (unpaired) electrons. The number of aliphatic hydroxyl groups excluding tert-OH is 1. The number of hydrogen-bond donors (Lipinski definition) is 2. The van der Waals surface area contributed by atoms with E-state index < -0.39 is 12.1 Å². The van der Waals surface area contributed by atoms with Crippen molar-refractivity contribution in [1.29, 1.82) is 0 Å². The van der Waals surface area contributed by atoms with E-state index in [4.69, 9.17) is 9.84 Å². The van der Waals surface area contributed by atoms with Crippen molar-refractivity contribution in [2.75, 3.05) is 6.61 Å². The molecule has 0 spiro atoms. The number of cyclic esters (lactones) is 1. The Morgan fingerprint density at radius 2 is 2.14 bits per heavy atom. The number of benzene rings is 1. The highest BCUT2D eigenvalue weighted by Gasteiger charge is 2.32. The van der Waals surface area contributed by atoms with Crippen LogP contribution in [0.15, 0.2) is 24.3 Å². The molecule has 0 saturated heterocycles. The highest BCUT2D eigenvalue weighted by Crippen LogP contribution is 2.21. The molecule has 1 aliphatic rings. The Morgan fingerprint density at radius 1 is 1.43 bits per heavy atom. The summed E-state index contributed by atoms with van der Waals surface area (Å²) in [7, 11) is 0. The van der Waals surface area contributed by atoms with Crippen molar-refractivity contribution in [2.45, 2.75) is 38.8 Å². The van der Waals surface area contributed by atoms with Crippen molar-refractivity contribution < 1.29 is 19.4 Å². The fourth-order valence-corrected chi connectivity index (χ4v) is 2.46. The van der Waals surface area contributed by atoms with Crippen LogP contribution in [-0.2, 0) is 16.0 Å². The van der Waals surface area contributed by atoms with E-state index in [1.54, 1.807) is 12.1 Å². The largest absolute Gasteiger partial charge is 0.448 e. The van der Waals surface area contributed by atoms with Crippen LogP contribution in [-0.4, -0.2) is 35.7 Å². The van der Waals surface area contributed by atoms with E-state index in [0.29, 0.717) is 18.4 Å². The smallest absolute Gasteiger partial charge is 0.339 e. The molecule has 2 atom stereocenters. The maximum Gasteiger partial charge on any atom is 0.339 e. The second-order valence-corrected chi connectivity index (χ2v) is 5.63. The second kappa shape index (κ2) is 6.72. The molecule has 5 nitrogen and oxygen atoms in total. The number of esters is 1. The summed E-state index contributed by atoms with van der Waals surface area (Å²) >= 11 is 0. The molecular formula is C16H21NO4. The van der Waals surface area contributed by atoms with E-state index in [1.165, 1.54) is 0 Å². The fourth-order valence-electron chi connectivity index (χ4n) is 2.46. The van der Waals surface area contributed by atoms with Gasteiger partial charge in [0.25, 0.3) is 5.91 Å². The summed E-state index contributed by atoms with van der Waals surface area (Å²) in [5.41, 5.74) is 1.36. The molecule has 1 aliphatic heterocycles. The van der Waals surface area contributed by atoms with Gasteiger partial charge in [-0.1, -0.05) is 32.0 Å². The Kier molecular flexibility index (Phi) is 4.96. The summed E-state index contributed by atoms with van der Waals surface area (Å²) in [6.07, 6.45) is 0.0746. The van der Waals surface area contributed by atoms with Gasteiger partial charge in [-0.2, -0.15) is 0 Å². The number of aliphatic hydroxyl groups is 1. The van der Waals surface area contributed by atoms with Crippen LogP contribution in [0.3, 0.4) is 0 Å². The first-order chi connectivity index (χ1) is 10.0. The van der Waals surface area contributed by atoms with Crippen LogP contribution in [0.4, 0.5) is 0 Å². The van der Waals surface area contributed by atoms with E-state index in [0.717, 1.165) is 5.56 Å². The Bertz CT molecular complexity index is 527. The van der Waals surface area contributed by atoms with Gasteiger partial charge in [0.05, 0.1) is 5.56 Å². The predicted octanol–water partition coefficient (Wildman–Crippen LogP) is 1.29. The minimum Gasteiger partial charge on any atom is -0.448 e. The maximum absolute atomic E-state index is 12.3. The Hall–Kier alpha value is -1.88. The maximum atomic E-state index is 12.3. The number of amides is 1. The highest BCUT2D eigenvalue weighted by molar-refractivity contribution is 5.95. The summed E-state index contributed by atoms with van der Waals surface area (Å²) in [6, 6.07) is 7.03. The van der Waals surface area contributed by atoms with Crippen molar-refractivity contribution in [1.82, 2.24) is 5.32 Å². The van der Waals surface area contributed by atoms with Crippen molar-refractivity contribution in [2.24, 2.45) is 5.92 Å². The van der Waals surface area contributed by atoms with E-state index in [2.05, 4.69) is 5.32 Å². The summed E-state index contributed by atoms with van der Waals surface area (Å²) in [5.74, 6) is -0.557. The van der Waals surface area contributed by atoms with Crippen molar-refractivity contribution in [3.8, 4) is 0 Å². The van der Waals surface area contributed by atoms with Gasteiger partial charge in [-0.05, 0) is 24.0 Å². The lowest BCUT2D eigenvalue weighted by Crippen LogP contribution is -2.47. The molecule has 21 heavy (non-hydrogen) atoms. The monoisotopic (exact) mass is 291 g/mol. The van der Waals surface area contributed by atoms with Crippen LogP contribution in [0.1, 0.15) is 36.2 Å². The zero-order chi connectivity index (χ0) is 15.4. The third-order valence-electron chi connectivity index (χ3n) is 3.76. The number of hydrogen-bond acceptors (Lipinski definition) is 4. The standard InChI is InChI=1S/C16H21NO4/c1-10(2)13(7-8-18)17-15(19)14-9-11-5-3-4-6-12(11)16(20)21-14/h3-6,10,13-14,18H,7-9H2,1-2H3,(H,17,19). The Labute approximate surface area is 124 Å². The summed E-state index contributed by atoms with van der Waals surface area (Å²) in [6.45, 7) is 3.96. The van der Waals surface area contributed by atoms with Gasteiger partial charge in [-0.15, -0.1) is 0 Å². The molecule has 2 rings (SSSR count). The topological polar surface area (TPSA) is 75.6 Å². The molecule has 0 bridgehead atoms. The van der Waals surface area contributed by atoms with Gasteiger partial charge in [-0.3, -0.25) is 4.79 Å². The zero-order valence-corrected chi connectivity index (χ0v) is 12.3. The molecule has 0 aliphatic carbocycles. The van der Waals surface area contributed by atoms with Gasteiger partial charge >= 0.3 is 5.97 Å². The number of carbonyl (C=O) groups is 2. The van der Waals surface area contributed by atoms with Gasteiger partial charge in [0.15, 0.2) is 6.10 Å². The normalized spacial score (nSPS) is 18.9. The Balaban J connectivity index is 2.06. The number of rotatable bonds is 5. The molecule has 2 N–H and O–H groups in total. The molecular weight excluding hydrogens is 270 g/mol. The number of fused-ring (bicyclic) bond motifs is 1. The molecule has 0 fully saturated rings. The number of nitrogens with one attached hydrogen (secondary N) is 1. The van der Waals surface area contributed by atoms with E-state index in [1.807, 2.05) is 26.0 Å². The van der Waals surface area contributed by atoms with Crippen LogP contribution in [0.25, 0.3) is 0 Å². The zero-order valence-electron chi connectivity index (χ0n) is 12.3. The summed E-state index contributed by atoms with van der Waals surface area (Å²) in [5, 5.41) is 11.9. The van der Waals surface area contributed by atoms with Crippen molar-refractivity contribution in [3.05, 3.63) is 35.4 Å². The number of ether oxygens (including phenoxy) is 1. The quantitative estimate of drug-likeness (QED) is 0.802. The molecule has 0 saturated carbocycles. The molecule has 5 heteroatoms. The van der Waals surface area contributed by atoms with Crippen LogP contribution in [0, 0.1) is 5.92 Å². The molecule has 114 valence electrons. The first kappa shape index (κ1) is 15.5. The average molecular weight is 291 g/mol. The predicted molar refractivity (Wildman–Crippen MR) is 77.8 cm³/mol. The van der Waals surface area contributed by atoms with E-state index in [9.17, 15) is 9.59 Å². The number of carbonyl (C=O) groups excluding carboxylic acids is 2. The van der Waals surface area contributed by atoms with Crippen molar-refractivity contribution >= 4 is 11.9 Å². The van der Waals surface area contributed by atoms with Crippen molar-refractivity contribution in [3.63, 3.8) is 0 Å². The SMILES string of the molecule is CC(C)C(CCO)NC(=O)C1Cc2ccccc2C(=O)O1. The van der Waals surface area contributed by atoms with Gasteiger partial charge in [0, 0.05) is 19.1 Å². The summed E-state index contributed by atoms with van der Waals surface area (Å²) < 4.78 is 5.22. The van der Waals surface area contributed by atoms with Gasteiger partial charge in [0.1, 0.15) is 0 Å². The molecule has 0 aromatic heterocycles. The van der Waals surface area contributed by atoms with Crippen LogP contribution >= 0.6 is 0 Å². The molecule has 1 aromatic carbocycles. The van der Waals surface area contributed by atoms with E-state index in [-0.39, 0.29) is 24.5 Å². The van der Waals surface area contributed by atoms with Gasteiger partial charge in [-0.25, -0.2) is 4.79 Å². The lowest BCUT2D eigenvalue weighted by Gasteiger charge is -2.27. The lowest BCUT2D eigenvalue weighted by atomic mass is 9.97. The fraction of sp³-hybridized carbons (Fsp3) is 0.500. The van der Waals surface area contributed by atoms with Gasteiger partial charge < -0.3 is 15.2 Å². The minimum absolute atomic E-state index is 0.0103. The average Bonchev–Trinajstić information content (AvgIpc) is 2.46. The van der Waals surface area contributed by atoms with E-state index >= 15 is 0 Å². The van der Waals surface area contributed by atoms with Gasteiger partial charge in [0.2, 0.25) is 0 Å². The molecule has 1 amide bonds. The summed E-state index contributed by atoms with van der Waals surface area (Å²) in [4.78, 5) is 24.2. The van der Waals surface area contributed by atoms with Crippen LogP contribution in [0.2, 0.25) is 0 Å².